The van der Waals surface area contributed by atoms with E-state index >= 15 is 0 Å². The lowest BCUT2D eigenvalue weighted by Crippen LogP contribution is -2.14. The minimum absolute atomic E-state index is 0.00198. The Hall–Kier alpha value is -1.59. The zero-order chi connectivity index (χ0) is 13.0. The summed E-state index contributed by atoms with van der Waals surface area (Å²) in [4.78, 5) is 15.8. The Kier molecular flexibility index (Phi) is 4.17. The molecule has 0 amide bonds. The number of thiazole rings is 1. The van der Waals surface area contributed by atoms with Crippen LogP contribution in [0.1, 0.15) is 11.3 Å². The number of aromatic nitrogens is 1. The number of nitrogens with zero attached hydrogens (tertiary/aromatic N) is 1. The van der Waals surface area contributed by atoms with Crippen molar-refractivity contribution in [3.05, 3.63) is 50.6 Å². The first-order valence-corrected chi connectivity index (χ1v) is 6.67. The molecule has 1 aromatic heterocycles. The van der Waals surface area contributed by atoms with Gasteiger partial charge in [0.1, 0.15) is 0 Å². The van der Waals surface area contributed by atoms with Crippen LogP contribution in [0.3, 0.4) is 0 Å². The van der Waals surface area contributed by atoms with Crippen molar-refractivity contribution in [1.82, 2.24) is 10.3 Å². The topological polar surface area (TPSA) is 48.1 Å². The smallest absolute Gasteiger partial charge is 0.304 e. The standard InChI is InChI=1S/C13H17N3OS/c1-16(2)12-5-3-10(4-6-12)7-14-8-11-9-18-13(17)15-11/h3-6,9,14H,7-8H2,1-2H3,(H,15,17). The third kappa shape index (κ3) is 3.45. The van der Waals surface area contributed by atoms with E-state index in [1.807, 2.05) is 19.5 Å². The first-order valence-electron chi connectivity index (χ1n) is 5.79. The zero-order valence-corrected chi connectivity index (χ0v) is 11.4. The van der Waals surface area contributed by atoms with E-state index in [0.29, 0.717) is 6.54 Å². The summed E-state index contributed by atoms with van der Waals surface area (Å²) in [7, 11) is 4.06. The lowest BCUT2D eigenvalue weighted by atomic mass is 10.2. The minimum atomic E-state index is 0.00198. The normalized spacial score (nSPS) is 10.6. The predicted molar refractivity (Wildman–Crippen MR) is 76.3 cm³/mol. The van der Waals surface area contributed by atoms with Gasteiger partial charge in [0, 0.05) is 43.9 Å². The average Bonchev–Trinajstić information content (AvgIpc) is 2.76. The van der Waals surface area contributed by atoms with Crippen molar-refractivity contribution >= 4 is 17.0 Å². The molecular weight excluding hydrogens is 246 g/mol. The molecule has 96 valence electrons. The highest BCUT2D eigenvalue weighted by Crippen LogP contribution is 2.12. The quantitative estimate of drug-likeness (QED) is 0.864. The van der Waals surface area contributed by atoms with Crippen LogP contribution in [0.2, 0.25) is 0 Å². The Bertz CT molecular complexity index is 542. The predicted octanol–water partition coefficient (Wildman–Crippen LogP) is 1.79. The van der Waals surface area contributed by atoms with Crippen LogP contribution in [0.25, 0.3) is 0 Å². The fourth-order valence-electron chi connectivity index (χ4n) is 1.65. The van der Waals surface area contributed by atoms with Crippen LogP contribution in [-0.4, -0.2) is 19.1 Å². The van der Waals surface area contributed by atoms with Gasteiger partial charge < -0.3 is 15.2 Å². The second-order valence-corrected chi connectivity index (χ2v) is 5.18. The van der Waals surface area contributed by atoms with Gasteiger partial charge in [0.2, 0.25) is 0 Å². The molecular formula is C13H17N3OS. The van der Waals surface area contributed by atoms with Crippen molar-refractivity contribution in [1.29, 1.82) is 0 Å². The number of benzene rings is 1. The molecule has 0 spiro atoms. The molecule has 1 heterocycles. The average molecular weight is 263 g/mol. The summed E-state index contributed by atoms with van der Waals surface area (Å²) < 4.78 is 0. The highest BCUT2D eigenvalue weighted by Gasteiger charge is 1.98. The third-order valence-corrected chi connectivity index (χ3v) is 3.39. The van der Waals surface area contributed by atoms with Gasteiger partial charge in [-0.05, 0) is 17.7 Å². The molecule has 18 heavy (non-hydrogen) atoms. The van der Waals surface area contributed by atoms with E-state index in [1.165, 1.54) is 22.6 Å². The minimum Gasteiger partial charge on any atom is -0.378 e. The molecule has 0 bridgehead atoms. The summed E-state index contributed by atoms with van der Waals surface area (Å²) >= 11 is 1.20. The fourth-order valence-corrected chi connectivity index (χ4v) is 2.24. The zero-order valence-electron chi connectivity index (χ0n) is 10.6. The first kappa shape index (κ1) is 12.9. The van der Waals surface area contributed by atoms with Crippen molar-refractivity contribution in [3.8, 4) is 0 Å². The highest BCUT2D eigenvalue weighted by atomic mass is 32.1. The van der Waals surface area contributed by atoms with E-state index in [2.05, 4.69) is 39.5 Å². The maximum atomic E-state index is 11.0. The molecule has 0 radical (unpaired) electrons. The van der Waals surface area contributed by atoms with Crippen LogP contribution in [0.4, 0.5) is 5.69 Å². The van der Waals surface area contributed by atoms with Crippen molar-refractivity contribution in [2.45, 2.75) is 13.1 Å². The van der Waals surface area contributed by atoms with E-state index < -0.39 is 0 Å². The number of hydrogen-bond acceptors (Lipinski definition) is 4. The molecule has 2 aromatic rings. The fraction of sp³-hybridized carbons (Fsp3) is 0.308. The van der Waals surface area contributed by atoms with Crippen molar-refractivity contribution < 1.29 is 0 Å². The second kappa shape index (κ2) is 5.84. The second-order valence-electron chi connectivity index (χ2n) is 4.34. The van der Waals surface area contributed by atoms with Gasteiger partial charge >= 0.3 is 4.87 Å². The van der Waals surface area contributed by atoms with Gasteiger partial charge in [-0.15, -0.1) is 0 Å². The molecule has 4 nitrogen and oxygen atoms in total. The van der Waals surface area contributed by atoms with E-state index in [4.69, 9.17) is 0 Å². The Morgan fingerprint density at radius 1 is 1.22 bits per heavy atom. The molecule has 2 N–H and O–H groups in total. The summed E-state index contributed by atoms with van der Waals surface area (Å²) in [6.07, 6.45) is 0. The number of H-pyrrole nitrogens is 1. The molecule has 0 atom stereocenters. The van der Waals surface area contributed by atoms with Gasteiger partial charge in [-0.3, -0.25) is 4.79 Å². The Morgan fingerprint density at radius 2 is 1.94 bits per heavy atom. The lowest BCUT2D eigenvalue weighted by Gasteiger charge is -2.12. The van der Waals surface area contributed by atoms with Gasteiger partial charge in [0.15, 0.2) is 0 Å². The van der Waals surface area contributed by atoms with E-state index in [-0.39, 0.29) is 4.87 Å². The molecule has 0 aliphatic carbocycles. The number of rotatable bonds is 5. The van der Waals surface area contributed by atoms with Crippen molar-refractivity contribution in [2.24, 2.45) is 0 Å². The van der Waals surface area contributed by atoms with Crippen LogP contribution >= 0.6 is 11.3 Å². The van der Waals surface area contributed by atoms with E-state index in [1.54, 1.807) is 0 Å². The summed E-state index contributed by atoms with van der Waals surface area (Å²) in [5, 5.41) is 5.15. The SMILES string of the molecule is CN(C)c1ccc(CNCc2csc(=O)[nH]2)cc1. The molecule has 0 unspecified atom stereocenters. The summed E-state index contributed by atoms with van der Waals surface area (Å²) in [6.45, 7) is 1.49. The molecule has 0 saturated carbocycles. The van der Waals surface area contributed by atoms with Gasteiger partial charge in [-0.1, -0.05) is 23.5 Å². The molecule has 0 saturated heterocycles. The van der Waals surface area contributed by atoms with Crippen LogP contribution < -0.4 is 15.1 Å². The molecule has 5 heteroatoms. The monoisotopic (exact) mass is 263 g/mol. The number of nitrogens with one attached hydrogen (secondary N) is 2. The number of aromatic amines is 1. The van der Waals surface area contributed by atoms with Gasteiger partial charge in [0.25, 0.3) is 0 Å². The lowest BCUT2D eigenvalue weighted by molar-refractivity contribution is 0.681. The van der Waals surface area contributed by atoms with Gasteiger partial charge in [-0.25, -0.2) is 0 Å². The highest BCUT2D eigenvalue weighted by molar-refractivity contribution is 7.07. The van der Waals surface area contributed by atoms with Gasteiger partial charge in [0.05, 0.1) is 0 Å². The van der Waals surface area contributed by atoms with Crippen molar-refractivity contribution in [3.63, 3.8) is 0 Å². The van der Waals surface area contributed by atoms with Crippen LogP contribution in [0, 0.1) is 0 Å². The van der Waals surface area contributed by atoms with E-state index in [0.717, 1.165) is 12.2 Å². The van der Waals surface area contributed by atoms with Crippen LogP contribution in [0.5, 0.6) is 0 Å². The molecule has 0 aliphatic heterocycles. The maximum Gasteiger partial charge on any atom is 0.304 e. The van der Waals surface area contributed by atoms with Gasteiger partial charge in [-0.2, -0.15) is 0 Å². The van der Waals surface area contributed by atoms with Crippen LogP contribution in [-0.2, 0) is 13.1 Å². The Balaban J connectivity index is 1.85. The third-order valence-electron chi connectivity index (χ3n) is 2.67. The van der Waals surface area contributed by atoms with Crippen LogP contribution in [0.15, 0.2) is 34.4 Å². The summed E-state index contributed by atoms with van der Waals surface area (Å²) in [5.74, 6) is 0. The first-order chi connectivity index (χ1) is 8.65. The summed E-state index contributed by atoms with van der Waals surface area (Å²) in [6, 6.07) is 8.42. The number of hydrogen-bond donors (Lipinski definition) is 2. The molecule has 2 rings (SSSR count). The Morgan fingerprint density at radius 3 is 2.50 bits per heavy atom. The largest absolute Gasteiger partial charge is 0.378 e. The molecule has 0 aliphatic rings. The number of anilines is 1. The molecule has 0 fully saturated rings. The maximum absolute atomic E-state index is 11.0. The van der Waals surface area contributed by atoms with Crippen molar-refractivity contribution in [2.75, 3.05) is 19.0 Å². The molecule has 1 aromatic carbocycles. The summed E-state index contributed by atoms with van der Waals surface area (Å²) in [5.41, 5.74) is 3.37. The van der Waals surface area contributed by atoms with E-state index in [9.17, 15) is 4.79 Å². The Labute approximate surface area is 110 Å².